The first-order valence-corrected chi connectivity index (χ1v) is 11.2. The Morgan fingerprint density at radius 2 is 1.59 bits per heavy atom. The summed E-state index contributed by atoms with van der Waals surface area (Å²) >= 11 is 5.83. The maximum atomic E-state index is 12.8. The van der Waals surface area contributed by atoms with Crippen LogP contribution >= 0.6 is 11.6 Å². The molecular formula is C22H20ClN3O5S. The van der Waals surface area contributed by atoms with Crippen molar-refractivity contribution in [3.8, 4) is 5.75 Å². The largest absolute Gasteiger partial charge is 0.484 e. The summed E-state index contributed by atoms with van der Waals surface area (Å²) in [4.78, 5) is 23.3. The molecule has 0 unspecified atom stereocenters. The average Bonchev–Trinajstić information content (AvgIpc) is 2.75. The number of primary amides is 1. The molecule has 3 aromatic rings. The zero-order chi connectivity index (χ0) is 23.3. The number of hydrogen-bond donors (Lipinski definition) is 3. The van der Waals surface area contributed by atoms with Gasteiger partial charge in [0, 0.05) is 22.0 Å². The number of aryl methyl sites for hydroxylation is 1. The summed E-state index contributed by atoms with van der Waals surface area (Å²) in [6.45, 7) is 1.34. The van der Waals surface area contributed by atoms with Crippen LogP contribution in [-0.2, 0) is 14.8 Å². The number of nitrogens with one attached hydrogen (secondary N) is 2. The van der Waals surface area contributed by atoms with Gasteiger partial charge in [-0.1, -0.05) is 17.7 Å². The molecule has 166 valence electrons. The van der Waals surface area contributed by atoms with Crippen LogP contribution in [0.3, 0.4) is 0 Å². The van der Waals surface area contributed by atoms with Gasteiger partial charge in [0.1, 0.15) is 5.75 Å². The lowest BCUT2D eigenvalue weighted by Crippen LogP contribution is -2.21. The van der Waals surface area contributed by atoms with E-state index in [1.165, 1.54) is 30.3 Å². The Labute approximate surface area is 190 Å². The van der Waals surface area contributed by atoms with E-state index in [0.29, 0.717) is 33.3 Å². The van der Waals surface area contributed by atoms with Gasteiger partial charge >= 0.3 is 0 Å². The monoisotopic (exact) mass is 473 g/mol. The zero-order valence-electron chi connectivity index (χ0n) is 17.0. The second kappa shape index (κ2) is 9.71. The Balaban J connectivity index is 1.67. The van der Waals surface area contributed by atoms with Crippen LogP contribution in [-0.4, -0.2) is 26.8 Å². The number of benzene rings is 3. The number of carbonyl (C=O) groups excluding carboxylic acids is 2. The summed E-state index contributed by atoms with van der Waals surface area (Å²) in [5.74, 6) is -0.670. The van der Waals surface area contributed by atoms with Crippen LogP contribution in [0.5, 0.6) is 5.75 Å². The number of ether oxygens (including phenoxy) is 1. The first-order chi connectivity index (χ1) is 15.1. The molecule has 0 bridgehead atoms. The van der Waals surface area contributed by atoms with Gasteiger partial charge in [0.25, 0.3) is 15.9 Å². The quantitative estimate of drug-likeness (QED) is 0.460. The predicted molar refractivity (Wildman–Crippen MR) is 123 cm³/mol. The van der Waals surface area contributed by atoms with E-state index in [9.17, 15) is 18.0 Å². The highest BCUT2D eigenvalue weighted by Crippen LogP contribution is 2.24. The minimum Gasteiger partial charge on any atom is -0.484 e. The molecule has 0 radical (unpaired) electrons. The molecule has 2 amide bonds. The lowest BCUT2D eigenvalue weighted by atomic mass is 10.2. The molecule has 0 aliphatic rings. The van der Waals surface area contributed by atoms with Gasteiger partial charge in [-0.2, -0.15) is 0 Å². The van der Waals surface area contributed by atoms with Gasteiger partial charge in [0.15, 0.2) is 6.61 Å². The number of nitrogens with two attached hydrogens (primary N) is 1. The molecule has 0 aliphatic heterocycles. The molecular weight excluding hydrogens is 454 g/mol. The van der Waals surface area contributed by atoms with Crippen molar-refractivity contribution in [2.45, 2.75) is 11.8 Å². The van der Waals surface area contributed by atoms with Gasteiger partial charge in [-0.3, -0.25) is 14.3 Å². The highest BCUT2D eigenvalue weighted by Gasteiger charge is 2.18. The van der Waals surface area contributed by atoms with E-state index in [1.54, 1.807) is 43.3 Å². The van der Waals surface area contributed by atoms with E-state index < -0.39 is 21.8 Å². The lowest BCUT2D eigenvalue weighted by Gasteiger charge is -2.13. The highest BCUT2D eigenvalue weighted by atomic mass is 35.5. The fraction of sp³-hybridized carbons (Fsp3) is 0.0909. The summed E-state index contributed by atoms with van der Waals surface area (Å²) in [7, 11) is -3.89. The number of anilines is 2. The van der Waals surface area contributed by atoms with E-state index in [1.807, 2.05) is 0 Å². The molecule has 10 heteroatoms. The van der Waals surface area contributed by atoms with Crippen LogP contribution in [0, 0.1) is 6.92 Å². The van der Waals surface area contributed by atoms with E-state index in [0.717, 1.165) is 0 Å². The second-order valence-electron chi connectivity index (χ2n) is 6.82. The molecule has 32 heavy (non-hydrogen) atoms. The third kappa shape index (κ3) is 5.99. The van der Waals surface area contributed by atoms with Gasteiger partial charge in [0.2, 0.25) is 5.91 Å². The molecule has 3 rings (SSSR count). The Hall–Kier alpha value is -3.56. The molecule has 0 aliphatic carbocycles. The third-order valence-electron chi connectivity index (χ3n) is 4.37. The van der Waals surface area contributed by atoms with Crippen molar-refractivity contribution >= 4 is 44.8 Å². The molecule has 0 saturated carbocycles. The Morgan fingerprint density at radius 3 is 2.22 bits per heavy atom. The van der Waals surface area contributed by atoms with Crippen LogP contribution in [0.2, 0.25) is 5.02 Å². The van der Waals surface area contributed by atoms with Crippen LogP contribution < -0.4 is 20.5 Å². The number of amides is 2. The summed E-state index contributed by atoms with van der Waals surface area (Å²) < 4.78 is 33.5. The van der Waals surface area contributed by atoms with Gasteiger partial charge in [0.05, 0.1) is 4.90 Å². The number of rotatable bonds is 8. The molecule has 0 aromatic heterocycles. The molecule has 4 N–H and O–H groups in total. The fourth-order valence-corrected chi connectivity index (χ4v) is 4.21. The van der Waals surface area contributed by atoms with E-state index in [-0.39, 0.29) is 11.5 Å². The second-order valence-corrected chi connectivity index (χ2v) is 8.91. The van der Waals surface area contributed by atoms with Crippen molar-refractivity contribution in [1.29, 1.82) is 0 Å². The SMILES string of the molecule is Cc1ccc(NC(=O)COc2ccc(C(N)=O)cc2)cc1S(=O)(=O)Nc1ccc(Cl)cc1. The summed E-state index contributed by atoms with van der Waals surface area (Å²) in [6, 6.07) is 16.8. The summed E-state index contributed by atoms with van der Waals surface area (Å²) in [6.07, 6.45) is 0. The van der Waals surface area contributed by atoms with Crippen LogP contribution in [0.15, 0.2) is 71.6 Å². The summed E-state index contributed by atoms with van der Waals surface area (Å²) in [5, 5.41) is 3.09. The average molecular weight is 474 g/mol. The zero-order valence-corrected chi connectivity index (χ0v) is 18.5. The third-order valence-corrected chi connectivity index (χ3v) is 6.14. The molecule has 0 saturated heterocycles. The number of carbonyl (C=O) groups is 2. The minimum atomic E-state index is -3.89. The van der Waals surface area contributed by atoms with Gasteiger partial charge < -0.3 is 15.8 Å². The summed E-state index contributed by atoms with van der Waals surface area (Å²) in [5.41, 5.74) is 6.67. The van der Waals surface area contributed by atoms with E-state index >= 15 is 0 Å². The van der Waals surface area contributed by atoms with Crippen LogP contribution in [0.4, 0.5) is 11.4 Å². The Kier molecular flexibility index (Phi) is 7.01. The van der Waals surface area contributed by atoms with Crippen molar-refractivity contribution in [2.75, 3.05) is 16.6 Å². The molecule has 0 spiro atoms. The smallest absolute Gasteiger partial charge is 0.262 e. The molecule has 3 aromatic carbocycles. The van der Waals surface area contributed by atoms with E-state index in [4.69, 9.17) is 22.1 Å². The van der Waals surface area contributed by atoms with Crippen molar-refractivity contribution in [2.24, 2.45) is 5.73 Å². The molecule has 8 nitrogen and oxygen atoms in total. The van der Waals surface area contributed by atoms with Gasteiger partial charge in [-0.05, 0) is 73.2 Å². The molecule has 0 fully saturated rings. The minimum absolute atomic E-state index is 0.0215. The maximum Gasteiger partial charge on any atom is 0.262 e. The van der Waals surface area contributed by atoms with Gasteiger partial charge in [-0.25, -0.2) is 8.42 Å². The van der Waals surface area contributed by atoms with Crippen molar-refractivity contribution in [3.05, 3.63) is 82.9 Å². The first-order valence-electron chi connectivity index (χ1n) is 9.35. The fourth-order valence-electron chi connectivity index (χ4n) is 2.76. The van der Waals surface area contributed by atoms with Gasteiger partial charge in [-0.15, -0.1) is 0 Å². The Morgan fingerprint density at radius 1 is 0.969 bits per heavy atom. The normalized spacial score (nSPS) is 10.9. The van der Waals surface area contributed by atoms with Crippen molar-refractivity contribution < 1.29 is 22.7 Å². The Bertz CT molecular complexity index is 1240. The molecule has 0 heterocycles. The van der Waals surface area contributed by atoms with Crippen LogP contribution in [0.25, 0.3) is 0 Å². The van der Waals surface area contributed by atoms with Crippen LogP contribution in [0.1, 0.15) is 15.9 Å². The van der Waals surface area contributed by atoms with Crippen molar-refractivity contribution in [3.63, 3.8) is 0 Å². The number of sulfonamides is 1. The molecule has 0 atom stereocenters. The number of hydrogen-bond acceptors (Lipinski definition) is 5. The standard InChI is InChI=1S/C22H20ClN3O5S/c1-14-2-7-18(12-20(14)32(29,30)26-17-8-5-16(23)6-9-17)25-21(27)13-31-19-10-3-15(4-11-19)22(24)28/h2-12,26H,13H2,1H3,(H2,24,28)(H,25,27). The van der Waals surface area contributed by atoms with Crippen molar-refractivity contribution in [1.82, 2.24) is 0 Å². The topological polar surface area (TPSA) is 128 Å². The first kappa shape index (κ1) is 23.1. The highest BCUT2D eigenvalue weighted by molar-refractivity contribution is 7.92. The number of halogens is 1. The maximum absolute atomic E-state index is 12.8. The predicted octanol–water partition coefficient (Wildman–Crippen LogP) is 3.57. The van der Waals surface area contributed by atoms with E-state index in [2.05, 4.69) is 10.0 Å². The lowest BCUT2D eigenvalue weighted by molar-refractivity contribution is -0.118.